The van der Waals surface area contributed by atoms with E-state index < -0.39 is 10.0 Å². The fourth-order valence-corrected chi connectivity index (χ4v) is 4.12. The summed E-state index contributed by atoms with van der Waals surface area (Å²) in [5.74, 6) is 0.737. The van der Waals surface area contributed by atoms with Crippen molar-refractivity contribution in [2.75, 3.05) is 7.05 Å². The number of hydrogen-bond acceptors (Lipinski definition) is 4. The first-order valence-corrected chi connectivity index (χ1v) is 8.72. The summed E-state index contributed by atoms with van der Waals surface area (Å²) in [5.41, 5.74) is 0. The summed E-state index contributed by atoms with van der Waals surface area (Å²) in [6.45, 7) is 2.19. The van der Waals surface area contributed by atoms with Gasteiger partial charge >= 0.3 is 0 Å². The molecule has 0 atom stereocenters. The summed E-state index contributed by atoms with van der Waals surface area (Å²) < 4.78 is 26.5. The van der Waals surface area contributed by atoms with Crippen LogP contribution in [-0.4, -0.2) is 35.8 Å². The third-order valence-corrected chi connectivity index (χ3v) is 6.24. The minimum absolute atomic E-state index is 0.0510. The maximum absolute atomic E-state index is 12.5. The Labute approximate surface area is 125 Å². The summed E-state index contributed by atoms with van der Waals surface area (Å²) in [5, 5.41) is 0.0510. The van der Waals surface area contributed by atoms with Gasteiger partial charge in [0, 0.05) is 13.1 Å². The highest BCUT2D eigenvalue weighted by atomic mass is 35.5. The summed E-state index contributed by atoms with van der Waals surface area (Å²) in [6, 6.07) is 0.0680. The molecule has 5 nitrogen and oxygen atoms in total. The van der Waals surface area contributed by atoms with Gasteiger partial charge in [0.05, 0.1) is 12.4 Å². The molecule has 0 aliphatic heterocycles. The van der Waals surface area contributed by atoms with Crippen molar-refractivity contribution in [3.63, 3.8) is 0 Å². The minimum atomic E-state index is -3.53. The van der Waals surface area contributed by atoms with Crippen LogP contribution in [0.3, 0.4) is 0 Å². The maximum Gasteiger partial charge on any atom is 0.246 e. The van der Waals surface area contributed by atoms with Crippen LogP contribution in [0.1, 0.15) is 39.0 Å². The van der Waals surface area contributed by atoms with Gasteiger partial charge in [-0.2, -0.15) is 4.31 Å². The number of hydrogen-bond donors (Lipinski definition) is 0. The Balaban J connectivity index is 2.11. The molecule has 0 saturated heterocycles. The zero-order chi connectivity index (χ0) is 14.8. The van der Waals surface area contributed by atoms with Crippen molar-refractivity contribution in [2.24, 2.45) is 5.92 Å². The van der Waals surface area contributed by atoms with E-state index >= 15 is 0 Å². The monoisotopic (exact) mass is 317 g/mol. The molecule has 0 bridgehead atoms. The quantitative estimate of drug-likeness (QED) is 0.801. The van der Waals surface area contributed by atoms with E-state index in [1.54, 1.807) is 7.05 Å². The van der Waals surface area contributed by atoms with Crippen LogP contribution in [0, 0.1) is 5.92 Å². The average molecular weight is 318 g/mol. The Bertz CT molecular complexity index is 539. The fourth-order valence-electron chi connectivity index (χ4n) is 2.71. The predicted molar refractivity (Wildman–Crippen MR) is 78.0 cm³/mol. The first-order chi connectivity index (χ1) is 9.45. The number of aromatic nitrogens is 2. The van der Waals surface area contributed by atoms with Crippen molar-refractivity contribution < 1.29 is 8.42 Å². The van der Waals surface area contributed by atoms with Crippen LogP contribution in [0.5, 0.6) is 0 Å². The molecule has 1 fully saturated rings. The Kier molecular flexibility index (Phi) is 4.99. The van der Waals surface area contributed by atoms with Gasteiger partial charge in [0.25, 0.3) is 0 Å². The molecule has 0 aromatic carbocycles. The molecule has 0 N–H and O–H groups in total. The molecular weight excluding hydrogens is 298 g/mol. The molecule has 0 radical (unpaired) electrons. The lowest BCUT2D eigenvalue weighted by Gasteiger charge is -2.33. The highest BCUT2D eigenvalue weighted by Crippen LogP contribution is 2.31. The van der Waals surface area contributed by atoms with Gasteiger partial charge in [-0.1, -0.05) is 13.3 Å². The van der Waals surface area contributed by atoms with Crippen molar-refractivity contribution in [3.8, 4) is 0 Å². The van der Waals surface area contributed by atoms with E-state index in [0.717, 1.165) is 31.6 Å². The second-order valence-corrected chi connectivity index (χ2v) is 7.63. The van der Waals surface area contributed by atoms with Gasteiger partial charge in [-0.05, 0) is 43.2 Å². The number of sulfonamides is 1. The zero-order valence-corrected chi connectivity index (χ0v) is 13.4. The highest BCUT2D eigenvalue weighted by Gasteiger charge is 2.31. The standard InChI is InChI=1S/C13H20ClN3O2S/c1-3-10-4-6-11(7-5-10)17(2)20(18,19)12-8-15-13(14)16-9-12/h8-11H,3-7H2,1-2H3. The normalized spacial score (nSPS) is 24.0. The second-order valence-electron chi connectivity index (χ2n) is 5.29. The van der Waals surface area contributed by atoms with Crippen LogP contribution in [0.2, 0.25) is 5.28 Å². The van der Waals surface area contributed by atoms with E-state index in [1.165, 1.54) is 23.1 Å². The van der Waals surface area contributed by atoms with Crippen LogP contribution < -0.4 is 0 Å². The Morgan fingerprint density at radius 3 is 2.30 bits per heavy atom. The molecule has 112 valence electrons. The van der Waals surface area contributed by atoms with Crippen molar-refractivity contribution in [1.29, 1.82) is 0 Å². The number of nitrogens with zero attached hydrogens (tertiary/aromatic N) is 3. The van der Waals surface area contributed by atoms with Crippen molar-refractivity contribution >= 4 is 21.6 Å². The van der Waals surface area contributed by atoms with E-state index in [-0.39, 0.29) is 16.2 Å². The SMILES string of the molecule is CCC1CCC(N(C)S(=O)(=O)c2cnc(Cl)nc2)CC1. The molecule has 20 heavy (non-hydrogen) atoms. The van der Waals surface area contributed by atoms with Gasteiger partial charge in [0.2, 0.25) is 15.3 Å². The van der Waals surface area contributed by atoms with Crippen LogP contribution in [0.25, 0.3) is 0 Å². The van der Waals surface area contributed by atoms with Crippen LogP contribution in [-0.2, 0) is 10.0 Å². The smallest absolute Gasteiger partial charge is 0.225 e. The topological polar surface area (TPSA) is 63.2 Å². The van der Waals surface area contributed by atoms with Gasteiger partial charge in [0.1, 0.15) is 4.90 Å². The van der Waals surface area contributed by atoms with Crippen LogP contribution in [0.4, 0.5) is 0 Å². The first-order valence-electron chi connectivity index (χ1n) is 6.90. The lowest BCUT2D eigenvalue weighted by atomic mass is 9.85. The summed E-state index contributed by atoms with van der Waals surface area (Å²) in [6.07, 6.45) is 7.73. The van der Waals surface area contributed by atoms with Gasteiger partial charge in [0.15, 0.2) is 0 Å². The lowest BCUT2D eigenvalue weighted by molar-refractivity contribution is 0.233. The fraction of sp³-hybridized carbons (Fsp3) is 0.692. The number of rotatable bonds is 4. The molecule has 1 aliphatic rings. The second kappa shape index (κ2) is 6.37. The Hall–Kier alpha value is -0.720. The Morgan fingerprint density at radius 2 is 1.80 bits per heavy atom. The molecule has 0 amide bonds. The number of halogens is 1. The van der Waals surface area contributed by atoms with E-state index in [9.17, 15) is 8.42 Å². The molecule has 1 heterocycles. The largest absolute Gasteiger partial charge is 0.246 e. The summed E-state index contributed by atoms with van der Waals surface area (Å²) in [7, 11) is -1.89. The van der Waals surface area contributed by atoms with Gasteiger partial charge in [-0.25, -0.2) is 18.4 Å². The van der Waals surface area contributed by atoms with Crippen LogP contribution >= 0.6 is 11.6 Å². The zero-order valence-electron chi connectivity index (χ0n) is 11.8. The van der Waals surface area contributed by atoms with Crippen molar-refractivity contribution in [1.82, 2.24) is 14.3 Å². The highest BCUT2D eigenvalue weighted by molar-refractivity contribution is 7.89. The van der Waals surface area contributed by atoms with E-state index in [1.807, 2.05) is 0 Å². The lowest BCUT2D eigenvalue weighted by Crippen LogP contribution is -2.39. The molecule has 1 aromatic rings. The molecule has 1 aromatic heterocycles. The van der Waals surface area contributed by atoms with Gasteiger partial charge in [-0.15, -0.1) is 0 Å². The average Bonchev–Trinajstić information content (AvgIpc) is 2.47. The molecule has 0 unspecified atom stereocenters. The van der Waals surface area contributed by atoms with Gasteiger partial charge < -0.3 is 0 Å². The minimum Gasteiger partial charge on any atom is -0.225 e. The van der Waals surface area contributed by atoms with Crippen molar-refractivity contribution in [3.05, 3.63) is 17.7 Å². The molecule has 0 spiro atoms. The third-order valence-electron chi connectivity index (χ3n) is 4.18. The molecule has 2 rings (SSSR count). The maximum atomic E-state index is 12.5. The molecule has 7 heteroatoms. The van der Waals surface area contributed by atoms with E-state index in [4.69, 9.17) is 11.6 Å². The van der Waals surface area contributed by atoms with Gasteiger partial charge in [-0.3, -0.25) is 0 Å². The molecule has 1 aliphatic carbocycles. The van der Waals surface area contributed by atoms with E-state index in [2.05, 4.69) is 16.9 Å². The molecular formula is C13H20ClN3O2S. The predicted octanol–water partition coefficient (Wildman–Crippen LogP) is 2.72. The summed E-state index contributed by atoms with van der Waals surface area (Å²) >= 11 is 5.59. The first kappa shape index (κ1) is 15.7. The van der Waals surface area contributed by atoms with Crippen LogP contribution in [0.15, 0.2) is 17.3 Å². The third kappa shape index (κ3) is 3.30. The Morgan fingerprint density at radius 1 is 1.25 bits per heavy atom. The van der Waals surface area contributed by atoms with E-state index in [0.29, 0.717) is 0 Å². The summed E-state index contributed by atoms with van der Waals surface area (Å²) in [4.78, 5) is 7.59. The van der Waals surface area contributed by atoms with Crippen molar-refractivity contribution in [2.45, 2.75) is 50.0 Å². The molecule has 1 saturated carbocycles.